The van der Waals surface area contributed by atoms with Crippen LogP contribution in [0.4, 0.5) is 5.69 Å². The van der Waals surface area contributed by atoms with Gasteiger partial charge in [-0.05, 0) is 24.6 Å². The predicted molar refractivity (Wildman–Crippen MR) is 84.1 cm³/mol. The maximum atomic E-state index is 12.9. The van der Waals surface area contributed by atoms with Crippen molar-refractivity contribution in [3.63, 3.8) is 0 Å². The Labute approximate surface area is 129 Å². The number of fused-ring (bicyclic) bond motifs is 1. The number of nitrogens with zero attached hydrogens (tertiary/aromatic N) is 3. The molecule has 0 saturated heterocycles. The highest BCUT2D eigenvalue weighted by atomic mass is 32.2. The van der Waals surface area contributed by atoms with Gasteiger partial charge in [-0.1, -0.05) is 19.1 Å². The van der Waals surface area contributed by atoms with Gasteiger partial charge >= 0.3 is 0 Å². The van der Waals surface area contributed by atoms with Gasteiger partial charge in [-0.2, -0.15) is 13.5 Å². The van der Waals surface area contributed by atoms with Gasteiger partial charge < -0.3 is 0 Å². The van der Waals surface area contributed by atoms with E-state index in [1.165, 1.54) is 8.99 Å². The first kappa shape index (κ1) is 14.5. The zero-order chi connectivity index (χ0) is 15.0. The minimum Gasteiger partial charge on any atom is -0.274 e. The summed E-state index contributed by atoms with van der Waals surface area (Å²) in [6, 6.07) is 9.19. The normalized spacial score (nSPS) is 19.1. The second-order valence-electron chi connectivity index (χ2n) is 5.09. The van der Waals surface area contributed by atoms with Crippen molar-refractivity contribution < 1.29 is 8.42 Å². The number of sulfonamides is 1. The third-order valence-electron chi connectivity index (χ3n) is 3.44. The molecule has 1 unspecified atom stereocenters. The first-order valence-electron chi connectivity index (χ1n) is 6.76. The monoisotopic (exact) mass is 323 g/mol. The lowest BCUT2D eigenvalue weighted by Gasteiger charge is -2.22. The molecule has 1 aliphatic heterocycles. The molecule has 0 amide bonds. The lowest BCUT2D eigenvalue weighted by Crippen LogP contribution is -2.32. The minimum atomic E-state index is -3.61. The molecule has 2 aromatic rings. The minimum absolute atomic E-state index is 0.0966. The second kappa shape index (κ2) is 5.38. The molecule has 0 radical (unpaired) electrons. The maximum Gasteiger partial charge on any atom is 0.283 e. The number of aryl methyl sites for hydroxylation is 1. The Morgan fingerprint density at radius 1 is 1.29 bits per heavy atom. The number of hydrogen-bond acceptors (Lipinski definition) is 4. The van der Waals surface area contributed by atoms with Gasteiger partial charge in [-0.15, -0.1) is 11.8 Å². The van der Waals surface area contributed by atoms with E-state index in [1.807, 2.05) is 24.3 Å². The van der Waals surface area contributed by atoms with E-state index in [0.717, 1.165) is 17.0 Å². The third-order valence-corrected chi connectivity index (χ3v) is 6.39. The van der Waals surface area contributed by atoms with E-state index in [-0.39, 0.29) is 5.03 Å². The van der Waals surface area contributed by atoms with E-state index in [4.69, 9.17) is 0 Å². The van der Waals surface area contributed by atoms with E-state index in [2.05, 4.69) is 12.0 Å². The van der Waals surface area contributed by atoms with Crippen molar-refractivity contribution in [1.82, 2.24) is 9.78 Å². The summed E-state index contributed by atoms with van der Waals surface area (Å²) in [5.41, 5.74) is 0.748. The molecule has 1 aromatic heterocycles. The van der Waals surface area contributed by atoms with Crippen molar-refractivity contribution in [3.05, 3.63) is 36.5 Å². The number of anilines is 1. The molecule has 1 aliphatic rings. The van der Waals surface area contributed by atoms with E-state index in [1.54, 1.807) is 31.1 Å². The average molecular weight is 323 g/mol. The predicted octanol–water partition coefficient (Wildman–Crippen LogP) is 2.50. The van der Waals surface area contributed by atoms with Gasteiger partial charge in [0.1, 0.15) is 0 Å². The standard InChI is InChI=1S/C14H17N3O2S2/c1-11-7-10-17(12-5-3-4-6-13(12)20-11)21(18,19)14-8-9-16(2)15-14/h3-6,8-9,11H,7,10H2,1-2H3. The molecule has 7 heteroatoms. The van der Waals surface area contributed by atoms with Gasteiger partial charge in [0.2, 0.25) is 0 Å². The fourth-order valence-corrected chi connectivity index (χ4v) is 4.98. The first-order valence-corrected chi connectivity index (χ1v) is 9.08. The number of rotatable bonds is 2. The molecule has 5 nitrogen and oxygen atoms in total. The Morgan fingerprint density at radius 2 is 2.05 bits per heavy atom. The Hall–Kier alpha value is -1.47. The highest BCUT2D eigenvalue weighted by Gasteiger charge is 2.31. The van der Waals surface area contributed by atoms with Crippen molar-refractivity contribution in [2.45, 2.75) is 28.5 Å². The van der Waals surface area contributed by atoms with Crippen molar-refractivity contribution in [2.75, 3.05) is 10.8 Å². The molecule has 0 bridgehead atoms. The molecular weight excluding hydrogens is 306 g/mol. The van der Waals surface area contributed by atoms with Crippen molar-refractivity contribution >= 4 is 27.5 Å². The SMILES string of the molecule is CC1CCN(S(=O)(=O)c2ccn(C)n2)c2ccccc2S1. The van der Waals surface area contributed by atoms with E-state index in [9.17, 15) is 8.42 Å². The quantitative estimate of drug-likeness (QED) is 0.852. The summed E-state index contributed by atoms with van der Waals surface area (Å²) in [5, 5.41) is 4.54. The molecule has 3 rings (SSSR count). The molecule has 0 aliphatic carbocycles. The zero-order valence-corrected chi connectivity index (χ0v) is 13.6. The van der Waals surface area contributed by atoms with Crippen molar-refractivity contribution in [3.8, 4) is 0 Å². The Morgan fingerprint density at radius 3 is 2.76 bits per heavy atom. The van der Waals surface area contributed by atoms with Crippen LogP contribution in [-0.4, -0.2) is 30.0 Å². The fraction of sp³-hybridized carbons (Fsp3) is 0.357. The highest BCUT2D eigenvalue weighted by Crippen LogP contribution is 2.39. The van der Waals surface area contributed by atoms with E-state index < -0.39 is 10.0 Å². The largest absolute Gasteiger partial charge is 0.283 e. The summed E-state index contributed by atoms with van der Waals surface area (Å²) in [7, 11) is -1.90. The van der Waals surface area contributed by atoms with Gasteiger partial charge in [-0.25, -0.2) is 0 Å². The van der Waals surface area contributed by atoms with Crippen LogP contribution < -0.4 is 4.31 Å². The van der Waals surface area contributed by atoms with Crippen LogP contribution >= 0.6 is 11.8 Å². The Bertz CT molecular complexity index is 755. The molecule has 2 heterocycles. The summed E-state index contributed by atoms with van der Waals surface area (Å²) < 4.78 is 28.7. The summed E-state index contributed by atoms with van der Waals surface area (Å²) in [5.74, 6) is 0. The summed E-state index contributed by atoms with van der Waals surface area (Å²) in [6.07, 6.45) is 2.46. The fourth-order valence-electron chi connectivity index (χ4n) is 2.35. The van der Waals surface area contributed by atoms with Crippen LogP contribution in [0.1, 0.15) is 13.3 Å². The van der Waals surface area contributed by atoms with Crippen LogP contribution in [0.2, 0.25) is 0 Å². The topological polar surface area (TPSA) is 55.2 Å². The molecule has 1 atom stereocenters. The number of thioether (sulfide) groups is 1. The maximum absolute atomic E-state index is 12.9. The van der Waals surface area contributed by atoms with Crippen LogP contribution in [0, 0.1) is 0 Å². The number of hydrogen-bond donors (Lipinski definition) is 0. The molecule has 0 spiro atoms. The van der Waals surface area contributed by atoms with E-state index >= 15 is 0 Å². The van der Waals surface area contributed by atoms with Crippen LogP contribution in [0.3, 0.4) is 0 Å². The summed E-state index contributed by atoms with van der Waals surface area (Å²) in [6.45, 7) is 2.60. The Balaban J connectivity index is 2.09. The third kappa shape index (κ3) is 2.67. The number of aromatic nitrogens is 2. The molecule has 0 N–H and O–H groups in total. The summed E-state index contributed by atoms with van der Waals surface area (Å²) >= 11 is 1.72. The van der Waals surface area contributed by atoms with Crippen LogP contribution in [0.5, 0.6) is 0 Å². The highest BCUT2D eigenvalue weighted by molar-refractivity contribution is 8.00. The second-order valence-corrected chi connectivity index (χ2v) is 8.38. The molecule has 0 saturated carbocycles. The average Bonchev–Trinajstić information content (AvgIpc) is 2.80. The van der Waals surface area contributed by atoms with Gasteiger partial charge in [-0.3, -0.25) is 8.99 Å². The zero-order valence-electron chi connectivity index (χ0n) is 11.9. The lowest BCUT2D eigenvalue weighted by atomic mass is 10.3. The first-order chi connectivity index (χ1) is 9.98. The van der Waals surface area contributed by atoms with Crippen molar-refractivity contribution in [1.29, 1.82) is 0 Å². The van der Waals surface area contributed by atoms with E-state index in [0.29, 0.717) is 11.8 Å². The molecular formula is C14H17N3O2S2. The van der Waals surface area contributed by atoms with Gasteiger partial charge in [0, 0.05) is 29.9 Å². The van der Waals surface area contributed by atoms with Crippen molar-refractivity contribution in [2.24, 2.45) is 7.05 Å². The summed E-state index contributed by atoms with van der Waals surface area (Å²) in [4.78, 5) is 1.00. The lowest BCUT2D eigenvalue weighted by molar-refractivity contribution is 0.581. The number of para-hydroxylation sites is 1. The molecule has 1 aromatic carbocycles. The number of benzene rings is 1. The van der Waals surface area contributed by atoms with Crippen LogP contribution in [-0.2, 0) is 17.1 Å². The van der Waals surface area contributed by atoms with Crippen LogP contribution in [0.25, 0.3) is 0 Å². The van der Waals surface area contributed by atoms with Gasteiger partial charge in [0.15, 0.2) is 5.03 Å². The van der Waals surface area contributed by atoms with Gasteiger partial charge in [0.05, 0.1) is 5.69 Å². The molecule has 21 heavy (non-hydrogen) atoms. The van der Waals surface area contributed by atoms with Crippen LogP contribution in [0.15, 0.2) is 46.5 Å². The molecule has 0 fully saturated rings. The molecule has 112 valence electrons. The Kier molecular flexibility index (Phi) is 3.71. The van der Waals surface area contributed by atoms with Gasteiger partial charge in [0.25, 0.3) is 10.0 Å². The smallest absolute Gasteiger partial charge is 0.274 e.